The molecule has 1 aliphatic rings. The van der Waals surface area contributed by atoms with E-state index in [0.29, 0.717) is 6.10 Å². The highest BCUT2D eigenvalue weighted by Crippen LogP contribution is 2.22. The molecule has 1 aromatic carbocycles. The molecule has 1 fully saturated rings. The molecule has 1 heterocycles. The molecular weight excluding hydrogens is 238 g/mol. The van der Waals surface area contributed by atoms with Crippen molar-refractivity contribution >= 4 is 0 Å². The number of benzene rings is 1. The SMILES string of the molecule is CC(CN(C)CC1CCCO1)C(O)c1ccccc1. The van der Waals surface area contributed by atoms with Gasteiger partial charge in [-0.15, -0.1) is 0 Å². The van der Waals surface area contributed by atoms with Gasteiger partial charge in [-0.2, -0.15) is 0 Å². The zero-order valence-corrected chi connectivity index (χ0v) is 12.0. The summed E-state index contributed by atoms with van der Waals surface area (Å²) in [5.41, 5.74) is 1.00. The Morgan fingerprint density at radius 1 is 1.37 bits per heavy atom. The minimum atomic E-state index is -0.395. The van der Waals surface area contributed by atoms with Crippen molar-refractivity contribution < 1.29 is 9.84 Å². The summed E-state index contributed by atoms with van der Waals surface area (Å²) in [6.07, 6.45) is 2.33. The maximum atomic E-state index is 10.3. The Bertz CT molecular complexity index is 362. The van der Waals surface area contributed by atoms with Crippen molar-refractivity contribution in [2.24, 2.45) is 5.92 Å². The largest absolute Gasteiger partial charge is 0.388 e. The van der Waals surface area contributed by atoms with E-state index in [2.05, 4.69) is 18.9 Å². The van der Waals surface area contributed by atoms with Gasteiger partial charge in [-0.05, 0) is 31.4 Å². The molecule has 0 spiro atoms. The Hall–Kier alpha value is -0.900. The van der Waals surface area contributed by atoms with Gasteiger partial charge in [0, 0.05) is 19.7 Å². The maximum Gasteiger partial charge on any atom is 0.0827 e. The first kappa shape index (κ1) is 14.5. The molecule has 3 atom stereocenters. The lowest BCUT2D eigenvalue weighted by Gasteiger charge is -2.26. The van der Waals surface area contributed by atoms with Crippen LogP contribution in [0.4, 0.5) is 0 Å². The second-order valence-electron chi connectivity index (χ2n) is 5.69. The van der Waals surface area contributed by atoms with Crippen molar-refractivity contribution in [3.05, 3.63) is 35.9 Å². The molecule has 3 heteroatoms. The summed E-state index contributed by atoms with van der Waals surface area (Å²) >= 11 is 0. The highest BCUT2D eigenvalue weighted by atomic mass is 16.5. The van der Waals surface area contributed by atoms with Gasteiger partial charge in [0.05, 0.1) is 12.2 Å². The van der Waals surface area contributed by atoms with Crippen LogP contribution >= 0.6 is 0 Å². The second kappa shape index (κ2) is 7.04. The standard InChI is InChI=1S/C16H25NO2/c1-13(16(18)14-7-4-3-5-8-14)11-17(2)12-15-9-6-10-19-15/h3-5,7-8,13,15-16,18H,6,9-12H2,1-2H3. The maximum absolute atomic E-state index is 10.3. The number of ether oxygens (including phenoxy) is 1. The van der Waals surface area contributed by atoms with Gasteiger partial charge in [-0.25, -0.2) is 0 Å². The van der Waals surface area contributed by atoms with Crippen molar-refractivity contribution in [3.63, 3.8) is 0 Å². The van der Waals surface area contributed by atoms with Gasteiger partial charge in [0.2, 0.25) is 0 Å². The van der Waals surface area contributed by atoms with Gasteiger partial charge in [0.1, 0.15) is 0 Å². The Balaban J connectivity index is 1.80. The first-order valence-electron chi connectivity index (χ1n) is 7.20. The Kier molecular flexibility index (Phi) is 5.37. The molecule has 0 aliphatic carbocycles. The van der Waals surface area contributed by atoms with Crippen LogP contribution in [0, 0.1) is 5.92 Å². The summed E-state index contributed by atoms with van der Waals surface area (Å²) in [4.78, 5) is 2.27. The number of aliphatic hydroxyl groups is 1. The summed E-state index contributed by atoms with van der Waals surface area (Å²) in [7, 11) is 2.11. The summed E-state index contributed by atoms with van der Waals surface area (Å²) in [6.45, 7) is 4.85. The fourth-order valence-electron chi connectivity index (χ4n) is 2.78. The molecule has 2 rings (SSSR count). The van der Waals surface area contributed by atoms with Crippen molar-refractivity contribution in [1.29, 1.82) is 0 Å². The van der Waals surface area contributed by atoms with Crippen LogP contribution in [0.3, 0.4) is 0 Å². The van der Waals surface area contributed by atoms with E-state index in [4.69, 9.17) is 4.74 Å². The van der Waals surface area contributed by atoms with E-state index in [1.165, 1.54) is 12.8 Å². The summed E-state index contributed by atoms with van der Waals surface area (Å²) in [6, 6.07) is 9.90. The van der Waals surface area contributed by atoms with E-state index in [9.17, 15) is 5.11 Å². The molecule has 0 amide bonds. The van der Waals surface area contributed by atoms with E-state index < -0.39 is 6.10 Å². The summed E-state index contributed by atoms with van der Waals surface area (Å²) in [5.74, 6) is 0.216. The van der Waals surface area contributed by atoms with Gasteiger partial charge >= 0.3 is 0 Å². The lowest BCUT2D eigenvalue weighted by atomic mass is 9.97. The van der Waals surface area contributed by atoms with Gasteiger partial charge < -0.3 is 14.7 Å². The summed E-state index contributed by atoms with van der Waals surface area (Å²) in [5, 5.41) is 10.3. The zero-order valence-electron chi connectivity index (χ0n) is 12.0. The van der Waals surface area contributed by atoms with E-state index in [1.807, 2.05) is 30.3 Å². The van der Waals surface area contributed by atoms with Crippen LogP contribution in [0.5, 0.6) is 0 Å². The molecule has 1 aliphatic heterocycles. The number of aliphatic hydroxyl groups excluding tert-OH is 1. The van der Waals surface area contributed by atoms with E-state index in [0.717, 1.165) is 25.3 Å². The number of nitrogens with zero attached hydrogens (tertiary/aromatic N) is 1. The average Bonchev–Trinajstić information content (AvgIpc) is 2.91. The molecule has 3 nitrogen and oxygen atoms in total. The van der Waals surface area contributed by atoms with Crippen LogP contribution in [0.15, 0.2) is 30.3 Å². The van der Waals surface area contributed by atoms with Crippen LogP contribution in [0.1, 0.15) is 31.4 Å². The first-order valence-corrected chi connectivity index (χ1v) is 7.20. The highest BCUT2D eigenvalue weighted by Gasteiger charge is 2.21. The van der Waals surface area contributed by atoms with Gasteiger partial charge in [0.15, 0.2) is 0 Å². The monoisotopic (exact) mass is 263 g/mol. The number of hydrogen-bond donors (Lipinski definition) is 1. The molecular formula is C16H25NO2. The predicted molar refractivity (Wildman–Crippen MR) is 77.0 cm³/mol. The van der Waals surface area contributed by atoms with E-state index in [1.54, 1.807) is 0 Å². The summed E-state index contributed by atoms with van der Waals surface area (Å²) < 4.78 is 5.65. The van der Waals surface area contributed by atoms with Crippen LogP contribution < -0.4 is 0 Å². The second-order valence-corrected chi connectivity index (χ2v) is 5.69. The smallest absolute Gasteiger partial charge is 0.0827 e. The number of likely N-dealkylation sites (N-methyl/N-ethyl adjacent to an activating group) is 1. The Labute approximate surface area is 116 Å². The van der Waals surface area contributed by atoms with Crippen LogP contribution in [-0.2, 0) is 4.74 Å². The molecule has 106 valence electrons. The number of rotatable bonds is 6. The number of hydrogen-bond acceptors (Lipinski definition) is 3. The average molecular weight is 263 g/mol. The predicted octanol–water partition coefficient (Wildman–Crippen LogP) is 2.47. The molecule has 1 aromatic rings. The highest BCUT2D eigenvalue weighted by molar-refractivity contribution is 5.17. The zero-order chi connectivity index (χ0) is 13.7. The fraction of sp³-hybridized carbons (Fsp3) is 0.625. The van der Waals surface area contributed by atoms with Crippen LogP contribution in [0.25, 0.3) is 0 Å². The van der Waals surface area contributed by atoms with Crippen molar-refractivity contribution in [3.8, 4) is 0 Å². The topological polar surface area (TPSA) is 32.7 Å². The Morgan fingerprint density at radius 2 is 2.11 bits per heavy atom. The fourth-order valence-corrected chi connectivity index (χ4v) is 2.78. The quantitative estimate of drug-likeness (QED) is 0.856. The van der Waals surface area contributed by atoms with E-state index in [-0.39, 0.29) is 5.92 Å². The van der Waals surface area contributed by atoms with Crippen LogP contribution in [0.2, 0.25) is 0 Å². The molecule has 0 aromatic heterocycles. The van der Waals surface area contributed by atoms with E-state index >= 15 is 0 Å². The minimum absolute atomic E-state index is 0.216. The lowest BCUT2D eigenvalue weighted by Crippen LogP contribution is -2.33. The van der Waals surface area contributed by atoms with Gasteiger partial charge in [0.25, 0.3) is 0 Å². The molecule has 0 radical (unpaired) electrons. The first-order chi connectivity index (χ1) is 9.16. The van der Waals surface area contributed by atoms with Crippen molar-refractivity contribution in [2.45, 2.75) is 32.0 Å². The molecule has 1 N–H and O–H groups in total. The lowest BCUT2D eigenvalue weighted by molar-refractivity contribution is 0.0569. The molecule has 1 saturated heterocycles. The molecule has 19 heavy (non-hydrogen) atoms. The molecule has 3 unspecified atom stereocenters. The third-order valence-corrected chi connectivity index (χ3v) is 3.82. The minimum Gasteiger partial charge on any atom is -0.388 e. The third kappa shape index (κ3) is 4.30. The molecule has 0 bridgehead atoms. The normalized spacial score (nSPS) is 22.6. The van der Waals surface area contributed by atoms with Crippen LogP contribution in [-0.4, -0.2) is 42.9 Å². The molecule has 0 saturated carbocycles. The third-order valence-electron chi connectivity index (χ3n) is 3.82. The van der Waals surface area contributed by atoms with Crippen molar-refractivity contribution in [1.82, 2.24) is 4.90 Å². The van der Waals surface area contributed by atoms with Gasteiger partial charge in [-0.1, -0.05) is 37.3 Å². The van der Waals surface area contributed by atoms with Crippen molar-refractivity contribution in [2.75, 3.05) is 26.7 Å². The van der Waals surface area contributed by atoms with Gasteiger partial charge in [-0.3, -0.25) is 0 Å². The Morgan fingerprint density at radius 3 is 2.74 bits per heavy atom.